The van der Waals surface area contributed by atoms with Gasteiger partial charge in [0.15, 0.2) is 0 Å². The Morgan fingerprint density at radius 1 is 1.50 bits per heavy atom. The van der Waals surface area contributed by atoms with Crippen LogP contribution in [0.1, 0.15) is 12.7 Å². The van der Waals surface area contributed by atoms with E-state index in [1.165, 1.54) is 0 Å². The first-order valence-electron chi connectivity index (χ1n) is 6.32. The average molecular weight is 294 g/mol. The fourth-order valence-electron chi connectivity index (χ4n) is 2.02. The minimum atomic E-state index is -0.889. The maximum Gasteiger partial charge on any atom is 0.323 e. The second-order valence-electron chi connectivity index (χ2n) is 4.36. The lowest BCUT2D eigenvalue weighted by atomic mass is 10.2. The molecule has 106 valence electrons. The van der Waals surface area contributed by atoms with Crippen molar-refractivity contribution in [1.82, 2.24) is 9.55 Å². The number of aliphatic carboxylic acids is 1. The van der Waals surface area contributed by atoms with Crippen molar-refractivity contribution in [2.75, 3.05) is 11.4 Å². The van der Waals surface area contributed by atoms with Gasteiger partial charge in [0.05, 0.1) is 6.54 Å². The van der Waals surface area contributed by atoms with E-state index >= 15 is 0 Å². The van der Waals surface area contributed by atoms with Gasteiger partial charge >= 0.3 is 5.97 Å². The van der Waals surface area contributed by atoms with Crippen LogP contribution in [0.4, 0.5) is 5.69 Å². The fourth-order valence-corrected chi connectivity index (χ4v) is 2.21. The summed E-state index contributed by atoms with van der Waals surface area (Å²) in [4.78, 5) is 17.1. The van der Waals surface area contributed by atoms with Gasteiger partial charge in [0.1, 0.15) is 12.4 Å². The summed E-state index contributed by atoms with van der Waals surface area (Å²) in [7, 11) is 0. The van der Waals surface area contributed by atoms with E-state index in [0.717, 1.165) is 18.1 Å². The molecular weight excluding hydrogens is 278 g/mol. The summed E-state index contributed by atoms with van der Waals surface area (Å²) in [6, 6.07) is 7.16. The van der Waals surface area contributed by atoms with Crippen LogP contribution in [-0.4, -0.2) is 27.2 Å². The zero-order valence-electron chi connectivity index (χ0n) is 11.2. The van der Waals surface area contributed by atoms with Crippen LogP contribution >= 0.6 is 11.6 Å². The third-order valence-corrected chi connectivity index (χ3v) is 3.21. The molecule has 0 saturated heterocycles. The summed E-state index contributed by atoms with van der Waals surface area (Å²) in [5, 5.41) is 9.65. The standard InChI is InChI=1S/C14H16ClN3O2/c1-2-17-7-6-16-13(17)9-18(10-14(19)20)12-5-3-4-11(15)8-12/h3-8H,2,9-10H2,1H3,(H,19,20). The number of hydrogen-bond donors (Lipinski definition) is 1. The van der Waals surface area contributed by atoms with Gasteiger partial charge in [0.2, 0.25) is 0 Å². The number of nitrogens with zero attached hydrogens (tertiary/aromatic N) is 3. The number of aromatic nitrogens is 2. The minimum absolute atomic E-state index is 0.100. The number of benzene rings is 1. The molecule has 0 atom stereocenters. The van der Waals surface area contributed by atoms with E-state index in [9.17, 15) is 4.79 Å². The van der Waals surface area contributed by atoms with Crippen LogP contribution in [0, 0.1) is 0 Å². The van der Waals surface area contributed by atoms with Gasteiger partial charge in [-0.25, -0.2) is 4.98 Å². The molecule has 5 nitrogen and oxygen atoms in total. The lowest BCUT2D eigenvalue weighted by Gasteiger charge is -2.23. The number of carboxylic acids is 1. The molecule has 0 spiro atoms. The molecule has 0 aliphatic carbocycles. The van der Waals surface area contributed by atoms with E-state index < -0.39 is 5.97 Å². The monoisotopic (exact) mass is 293 g/mol. The Bertz CT molecular complexity index is 598. The Hall–Kier alpha value is -2.01. The predicted molar refractivity (Wildman–Crippen MR) is 78.0 cm³/mol. The Morgan fingerprint density at radius 2 is 2.30 bits per heavy atom. The van der Waals surface area contributed by atoms with Gasteiger partial charge in [-0.2, -0.15) is 0 Å². The summed E-state index contributed by atoms with van der Waals surface area (Å²) in [6.07, 6.45) is 3.60. The van der Waals surface area contributed by atoms with Crippen LogP contribution < -0.4 is 4.90 Å². The number of anilines is 1. The van der Waals surface area contributed by atoms with E-state index in [1.54, 1.807) is 29.3 Å². The maximum atomic E-state index is 11.0. The quantitative estimate of drug-likeness (QED) is 0.889. The molecular formula is C14H16ClN3O2. The number of rotatable bonds is 6. The van der Waals surface area contributed by atoms with Crippen molar-refractivity contribution in [3.05, 3.63) is 47.5 Å². The molecule has 1 N–H and O–H groups in total. The van der Waals surface area contributed by atoms with Crippen LogP contribution in [0.25, 0.3) is 0 Å². The molecule has 0 bridgehead atoms. The number of aryl methyl sites for hydroxylation is 1. The molecule has 2 rings (SSSR count). The van der Waals surface area contributed by atoms with Crippen molar-refractivity contribution in [3.63, 3.8) is 0 Å². The van der Waals surface area contributed by atoms with Crippen molar-refractivity contribution in [3.8, 4) is 0 Å². The van der Waals surface area contributed by atoms with Crippen molar-refractivity contribution < 1.29 is 9.90 Å². The molecule has 0 saturated carbocycles. The molecule has 0 aliphatic heterocycles. The van der Waals surface area contributed by atoms with Gasteiger partial charge in [-0.3, -0.25) is 4.79 Å². The van der Waals surface area contributed by atoms with Crippen molar-refractivity contribution in [2.45, 2.75) is 20.0 Å². The maximum absolute atomic E-state index is 11.0. The third kappa shape index (κ3) is 3.51. The number of carboxylic acid groups (broad SMARTS) is 1. The lowest BCUT2D eigenvalue weighted by Crippen LogP contribution is -2.30. The SMILES string of the molecule is CCn1ccnc1CN(CC(=O)O)c1cccc(Cl)c1. The molecule has 1 aromatic carbocycles. The van der Waals surface area contributed by atoms with Crippen LogP contribution in [0.3, 0.4) is 0 Å². The third-order valence-electron chi connectivity index (χ3n) is 2.97. The fraction of sp³-hybridized carbons (Fsp3) is 0.286. The second kappa shape index (κ2) is 6.43. The highest BCUT2D eigenvalue weighted by Crippen LogP contribution is 2.21. The predicted octanol–water partition coefficient (Wildman–Crippen LogP) is 2.65. The molecule has 1 aromatic heterocycles. The van der Waals surface area contributed by atoms with Gasteiger partial charge < -0.3 is 14.6 Å². The lowest BCUT2D eigenvalue weighted by molar-refractivity contribution is -0.135. The summed E-state index contributed by atoms with van der Waals surface area (Å²) >= 11 is 5.97. The first-order chi connectivity index (χ1) is 9.60. The Morgan fingerprint density at radius 3 is 2.95 bits per heavy atom. The number of halogens is 1. The van der Waals surface area contributed by atoms with Gasteiger partial charge in [-0.05, 0) is 25.1 Å². The van der Waals surface area contributed by atoms with Crippen LogP contribution in [0.5, 0.6) is 0 Å². The van der Waals surface area contributed by atoms with Crippen molar-refractivity contribution in [1.29, 1.82) is 0 Å². The zero-order chi connectivity index (χ0) is 14.5. The Balaban J connectivity index is 2.26. The number of hydrogen-bond acceptors (Lipinski definition) is 3. The topological polar surface area (TPSA) is 58.4 Å². The molecule has 6 heteroatoms. The summed E-state index contributed by atoms with van der Waals surface area (Å²) in [5.41, 5.74) is 0.769. The summed E-state index contributed by atoms with van der Waals surface area (Å²) in [5.74, 6) is -0.0618. The van der Waals surface area contributed by atoms with Crippen molar-refractivity contribution >= 4 is 23.3 Å². The molecule has 2 aromatic rings. The van der Waals surface area contributed by atoms with Gasteiger partial charge in [-0.15, -0.1) is 0 Å². The largest absolute Gasteiger partial charge is 0.480 e. The molecule has 0 aliphatic rings. The summed E-state index contributed by atoms with van der Waals surface area (Å²) in [6.45, 7) is 3.14. The van der Waals surface area contributed by atoms with E-state index in [0.29, 0.717) is 11.6 Å². The average Bonchev–Trinajstić information content (AvgIpc) is 2.84. The van der Waals surface area contributed by atoms with E-state index in [1.807, 2.05) is 23.8 Å². The Labute approximate surface area is 122 Å². The highest BCUT2D eigenvalue weighted by Gasteiger charge is 2.14. The minimum Gasteiger partial charge on any atom is -0.480 e. The van der Waals surface area contributed by atoms with Gasteiger partial charge in [0.25, 0.3) is 0 Å². The highest BCUT2D eigenvalue weighted by molar-refractivity contribution is 6.30. The molecule has 0 fully saturated rings. The molecule has 0 radical (unpaired) electrons. The molecule has 1 heterocycles. The van der Waals surface area contributed by atoms with Crippen molar-refractivity contribution in [2.24, 2.45) is 0 Å². The van der Waals surface area contributed by atoms with E-state index in [4.69, 9.17) is 16.7 Å². The highest BCUT2D eigenvalue weighted by atomic mass is 35.5. The zero-order valence-corrected chi connectivity index (χ0v) is 11.9. The van der Waals surface area contributed by atoms with Gasteiger partial charge in [0, 0.05) is 29.6 Å². The first kappa shape index (κ1) is 14.4. The van der Waals surface area contributed by atoms with Crippen LogP contribution in [-0.2, 0) is 17.9 Å². The molecule has 0 amide bonds. The van der Waals surface area contributed by atoms with E-state index in [2.05, 4.69) is 4.98 Å². The second-order valence-corrected chi connectivity index (χ2v) is 4.80. The molecule has 20 heavy (non-hydrogen) atoms. The number of carbonyl (C=O) groups is 1. The first-order valence-corrected chi connectivity index (χ1v) is 6.70. The Kier molecular flexibility index (Phi) is 4.63. The number of imidazole rings is 1. The normalized spacial score (nSPS) is 10.5. The summed E-state index contributed by atoms with van der Waals surface area (Å²) < 4.78 is 1.99. The molecule has 0 unspecified atom stereocenters. The van der Waals surface area contributed by atoms with E-state index in [-0.39, 0.29) is 6.54 Å². The smallest absolute Gasteiger partial charge is 0.323 e. The van der Waals surface area contributed by atoms with Crippen LogP contribution in [0.2, 0.25) is 5.02 Å². The van der Waals surface area contributed by atoms with Gasteiger partial charge in [-0.1, -0.05) is 17.7 Å². The van der Waals surface area contributed by atoms with Crippen LogP contribution in [0.15, 0.2) is 36.7 Å².